The molecule has 0 aliphatic rings. The summed E-state index contributed by atoms with van der Waals surface area (Å²) in [6, 6.07) is 4.65. The Morgan fingerprint density at radius 1 is 1.33 bits per heavy atom. The standard InChI is InChI=1S/C12H19ClN2O2S/c1-8(2)9(3)7-15-18(16,17)12-10(13)5-4-6-11(12)14/h4-6,8-9,15H,7,14H2,1-3H3. The molecule has 0 aliphatic carbocycles. The lowest BCUT2D eigenvalue weighted by Crippen LogP contribution is -2.30. The highest BCUT2D eigenvalue weighted by Crippen LogP contribution is 2.26. The number of benzene rings is 1. The van der Waals surface area contributed by atoms with Gasteiger partial charge in [-0.3, -0.25) is 0 Å². The molecule has 6 heteroatoms. The largest absolute Gasteiger partial charge is 0.398 e. The number of rotatable bonds is 5. The van der Waals surface area contributed by atoms with Gasteiger partial charge in [0, 0.05) is 6.54 Å². The second-order valence-corrected chi connectivity index (χ2v) is 6.84. The maximum atomic E-state index is 12.1. The Bertz CT molecular complexity index is 495. The number of nitrogens with one attached hydrogen (secondary N) is 1. The zero-order valence-corrected chi connectivity index (χ0v) is 12.3. The minimum absolute atomic E-state index is 0.0392. The van der Waals surface area contributed by atoms with Gasteiger partial charge in [-0.1, -0.05) is 38.4 Å². The molecule has 0 aromatic heterocycles. The van der Waals surface area contributed by atoms with Gasteiger partial charge in [0.25, 0.3) is 0 Å². The molecular weight excluding hydrogens is 272 g/mol. The van der Waals surface area contributed by atoms with Crippen molar-refractivity contribution < 1.29 is 8.42 Å². The van der Waals surface area contributed by atoms with Crippen LogP contribution in [0.4, 0.5) is 5.69 Å². The first kappa shape index (κ1) is 15.3. The Labute approximate surface area is 114 Å². The highest BCUT2D eigenvalue weighted by Gasteiger charge is 2.21. The van der Waals surface area contributed by atoms with Crippen LogP contribution in [0.5, 0.6) is 0 Å². The molecule has 3 N–H and O–H groups in total. The number of nitrogen functional groups attached to an aromatic ring is 1. The fraction of sp³-hybridized carbons (Fsp3) is 0.500. The minimum Gasteiger partial charge on any atom is -0.398 e. The van der Waals surface area contributed by atoms with Gasteiger partial charge in [0.05, 0.1) is 10.7 Å². The quantitative estimate of drug-likeness (QED) is 0.818. The molecule has 4 nitrogen and oxygen atoms in total. The fourth-order valence-corrected chi connectivity index (χ4v) is 3.17. The van der Waals surface area contributed by atoms with Crippen LogP contribution in [0.1, 0.15) is 20.8 Å². The molecule has 1 rings (SSSR count). The van der Waals surface area contributed by atoms with Gasteiger partial charge in [-0.15, -0.1) is 0 Å². The van der Waals surface area contributed by atoms with E-state index in [9.17, 15) is 8.42 Å². The number of hydrogen-bond acceptors (Lipinski definition) is 3. The van der Waals surface area contributed by atoms with E-state index in [1.54, 1.807) is 6.07 Å². The lowest BCUT2D eigenvalue weighted by Gasteiger charge is -2.17. The molecule has 0 amide bonds. The summed E-state index contributed by atoms with van der Waals surface area (Å²) in [6.45, 7) is 6.44. The fourth-order valence-electron chi connectivity index (χ4n) is 1.36. The monoisotopic (exact) mass is 290 g/mol. The molecule has 102 valence electrons. The molecule has 18 heavy (non-hydrogen) atoms. The van der Waals surface area contributed by atoms with E-state index in [4.69, 9.17) is 17.3 Å². The van der Waals surface area contributed by atoms with Crippen LogP contribution >= 0.6 is 11.6 Å². The average molecular weight is 291 g/mol. The van der Waals surface area contributed by atoms with Crippen molar-refractivity contribution in [1.82, 2.24) is 4.72 Å². The molecule has 1 unspecified atom stereocenters. The maximum absolute atomic E-state index is 12.1. The predicted molar refractivity (Wildman–Crippen MR) is 75.1 cm³/mol. The van der Waals surface area contributed by atoms with Gasteiger partial charge in [0.2, 0.25) is 10.0 Å². The van der Waals surface area contributed by atoms with Crippen LogP contribution in [0, 0.1) is 11.8 Å². The van der Waals surface area contributed by atoms with Crippen molar-refractivity contribution in [2.24, 2.45) is 11.8 Å². The molecule has 1 aromatic carbocycles. The first-order chi connectivity index (χ1) is 8.25. The van der Waals surface area contributed by atoms with E-state index in [0.717, 1.165) is 0 Å². The lowest BCUT2D eigenvalue weighted by molar-refractivity contribution is 0.414. The van der Waals surface area contributed by atoms with Crippen LogP contribution in [0.3, 0.4) is 0 Å². The van der Waals surface area contributed by atoms with Crippen molar-refractivity contribution in [3.05, 3.63) is 23.2 Å². The summed E-state index contributed by atoms with van der Waals surface area (Å²) < 4.78 is 26.8. The van der Waals surface area contributed by atoms with Gasteiger partial charge in [-0.25, -0.2) is 13.1 Å². The molecule has 0 heterocycles. The van der Waals surface area contributed by atoms with Crippen LogP contribution in [-0.4, -0.2) is 15.0 Å². The predicted octanol–water partition coefficient (Wildman–Crippen LogP) is 2.49. The first-order valence-corrected chi connectivity index (χ1v) is 7.65. The lowest BCUT2D eigenvalue weighted by atomic mass is 9.99. The van der Waals surface area contributed by atoms with E-state index < -0.39 is 10.0 Å². The van der Waals surface area contributed by atoms with Gasteiger partial charge in [-0.2, -0.15) is 0 Å². The van der Waals surface area contributed by atoms with Crippen LogP contribution in [0.15, 0.2) is 23.1 Å². The average Bonchev–Trinajstić information content (AvgIpc) is 2.25. The van der Waals surface area contributed by atoms with Crippen molar-refractivity contribution in [1.29, 1.82) is 0 Å². The number of halogens is 1. The molecule has 0 saturated carbocycles. The van der Waals surface area contributed by atoms with Crippen LogP contribution < -0.4 is 10.5 Å². The maximum Gasteiger partial charge on any atom is 0.244 e. The molecule has 0 aliphatic heterocycles. The molecular formula is C12H19ClN2O2S. The van der Waals surface area contributed by atoms with Crippen molar-refractivity contribution >= 4 is 27.3 Å². The number of anilines is 1. The highest BCUT2D eigenvalue weighted by molar-refractivity contribution is 7.89. The summed E-state index contributed by atoms with van der Waals surface area (Å²) in [6.07, 6.45) is 0. The van der Waals surface area contributed by atoms with E-state index in [2.05, 4.69) is 4.72 Å². The van der Waals surface area contributed by atoms with Gasteiger partial charge in [0.15, 0.2) is 0 Å². The summed E-state index contributed by atoms with van der Waals surface area (Å²) in [5.74, 6) is 0.639. The summed E-state index contributed by atoms with van der Waals surface area (Å²) in [4.78, 5) is -0.0392. The molecule has 0 fully saturated rings. The third-order valence-electron chi connectivity index (χ3n) is 3.00. The van der Waals surface area contributed by atoms with Crippen molar-refractivity contribution in [2.45, 2.75) is 25.7 Å². The molecule has 0 saturated heterocycles. The molecule has 1 atom stereocenters. The number of hydrogen-bond donors (Lipinski definition) is 2. The third-order valence-corrected chi connectivity index (χ3v) is 4.97. The Morgan fingerprint density at radius 2 is 1.94 bits per heavy atom. The van der Waals surface area contributed by atoms with E-state index in [1.807, 2.05) is 20.8 Å². The molecule has 1 aromatic rings. The molecule has 0 radical (unpaired) electrons. The topological polar surface area (TPSA) is 72.2 Å². The van der Waals surface area contributed by atoms with Gasteiger partial charge < -0.3 is 5.73 Å². The summed E-state index contributed by atoms with van der Waals surface area (Å²) >= 11 is 5.89. The van der Waals surface area contributed by atoms with E-state index in [1.165, 1.54) is 12.1 Å². The Balaban J connectivity index is 2.94. The highest BCUT2D eigenvalue weighted by atomic mass is 35.5. The van der Waals surface area contributed by atoms with Gasteiger partial charge in [0.1, 0.15) is 4.90 Å². The van der Waals surface area contributed by atoms with Crippen LogP contribution in [-0.2, 0) is 10.0 Å². The second-order valence-electron chi connectivity index (χ2n) is 4.73. The Kier molecular flexibility index (Phi) is 5.01. The van der Waals surface area contributed by atoms with Crippen molar-refractivity contribution in [2.75, 3.05) is 12.3 Å². The Hall–Kier alpha value is -0.780. The first-order valence-electron chi connectivity index (χ1n) is 5.79. The summed E-state index contributed by atoms with van der Waals surface area (Å²) in [5, 5.41) is 0.139. The number of nitrogens with two attached hydrogens (primary N) is 1. The SMILES string of the molecule is CC(C)C(C)CNS(=O)(=O)c1c(N)cccc1Cl. The van der Waals surface area contributed by atoms with E-state index >= 15 is 0 Å². The van der Waals surface area contributed by atoms with Gasteiger partial charge in [-0.05, 0) is 24.0 Å². The second kappa shape index (κ2) is 5.91. The van der Waals surface area contributed by atoms with Crippen molar-refractivity contribution in [3.8, 4) is 0 Å². The summed E-state index contributed by atoms with van der Waals surface area (Å²) in [5.41, 5.74) is 5.83. The van der Waals surface area contributed by atoms with Crippen LogP contribution in [0.2, 0.25) is 5.02 Å². The minimum atomic E-state index is -3.66. The normalized spacial score (nSPS) is 13.8. The zero-order valence-electron chi connectivity index (χ0n) is 10.8. The Morgan fingerprint density at radius 3 is 2.44 bits per heavy atom. The smallest absolute Gasteiger partial charge is 0.244 e. The molecule has 0 bridgehead atoms. The summed E-state index contributed by atoms with van der Waals surface area (Å²) in [7, 11) is -3.66. The van der Waals surface area contributed by atoms with Crippen LogP contribution in [0.25, 0.3) is 0 Å². The molecule has 0 spiro atoms. The zero-order chi connectivity index (χ0) is 13.9. The third kappa shape index (κ3) is 3.60. The van der Waals surface area contributed by atoms with Crippen molar-refractivity contribution in [3.63, 3.8) is 0 Å². The number of sulfonamides is 1. The van der Waals surface area contributed by atoms with E-state index in [0.29, 0.717) is 12.5 Å². The van der Waals surface area contributed by atoms with E-state index in [-0.39, 0.29) is 21.5 Å². The van der Waals surface area contributed by atoms with Gasteiger partial charge >= 0.3 is 0 Å².